The summed E-state index contributed by atoms with van der Waals surface area (Å²) in [5, 5.41) is 9.76. The van der Waals surface area contributed by atoms with E-state index < -0.39 is 0 Å². The van der Waals surface area contributed by atoms with E-state index in [0.29, 0.717) is 5.00 Å². The molecule has 0 aliphatic heterocycles. The van der Waals surface area contributed by atoms with Crippen LogP contribution in [0.25, 0.3) is 10.4 Å². The number of nitrogen functional groups attached to an aromatic ring is 1. The lowest BCUT2D eigenvalue weighted by molar-refractivity contribution is 0.480. The van der Waals surface area contributed by atoms with Gasteiger partial charge in [-0.25, -0.2) is 0 Å². The summed E-state index contributed by atoms with van der Waals surface area (Å²) in [7, 11) is 0. The standard InChI is InChI=1S/C10H9NOS/c11-10-8(12)6-9(13-10)7-4-2-1-3-5-7/h1-6,12H,11H2. The lowest BCUT2D eigenvalue weighted by atomic mass is 10.2. The fourth-order valence-corrected chi connectivity index (χ4v) is 1.97. The topological polar surface area (TPSA) is 46.2 Å². The third kappa shape index (κ3) is 1.51. The van der Waals surface area contributed by atoms with Crippen LogP contribution in [-0.2, 0) is 0 Å². The first kappa shape index (κ1) is 8.13. The second-order valence-electron chi connectivity index (χ2n) is 2.73. The summed E-state index contributed by atoms with van der Waals surface area (Å²) in [6.07, 6.45) is 0. The lowest BCUT2D eigenvalue weighted by Gasteiger charge is -1.93. The number of hydrogen-bond acceptors (Lipinski definition) is 3. The van der Waals surface area contributed by atoms with Crippen molar-refractivity contribution < 1.29 is 5.11 Å². The molecule has 2 aromatic rings. The molecule has 66 valence electrons. The first-order chi connectivity index (χ1) is 6.27. The average Bonchev–Trinajstić information content (AvgIpc) is 2.49. The van der Waals surface area contributed by atoms with Crippen molar-refractivity contribution in [1.82, 2.24) is 0 Å². The Morgan fingerprint density at radius 2 is 1.85 bits per heavy atom. The van der Waals surface area contributed by atoms with Crippen molar-refractivity contribution in [3.63, 3.8) is 0 Å². The Morgan fingerprint density at radius 1 is 1.15 bits per heavy atom. The molecular formula is C10H9NOS. The van der Waals surface area contributed by atoms with Crippen molar-refractivity contribution in [3.8, 4) is 16.2 Å². The zero-order valence-electron chi connectivity index (χ0n) is 6.90. The molecule has 0 radical (unpaired) electrons. The maximum absolute atomic E-state index is 9.29. The fraction of sp³-hybridized carbons (Fsp3) is 0. The highest BCUT2D eigenvalue weighted by Crippen LogP contribution is 2.37. The van der Waals surface area contributed by atoms with Gasteiger partial charge in [0.15, 0.2) is 0 Å². The Bertz CT molecular complexity index is 389. The highest BCUT2D eigenvalue weighted by molar-refractivity contribution is 7.19. The van der Waals surface area contributed by atoms with E-state index in [-0.39, 0.29) is 5.75 Å². The van der Waals surface area contributed by atoms with Crippen LogP contribution in [0, 0.1) is 0 Å². The summed E-state index contributed by atoms with van der Waals surface area (Å²) >= 11 is 1.40. The Morgan fingerprint density at radius 3 is 2.38 bits per heavy atom. The molecule has 0 amide bonds. The Balaban J connectivity index is 2.48. The van der Waals surface area contributed by atoms with E-state index in [1.54, 1.807) is 6.07 Å². The van der Waals surface area contributed by atoms with Gasteiger partial charge in [0.1, 0.15) is 10.8 Å². The van der Waals surface area contributed by atoms with Crippen LogP contribution >= 0.6 is 11.3 Å². The van der Waals surface area contributed by atoms with Crippen molar-refractivity contribution >= 4 is 16.3 Å². The molecule has 1 aromatic heterocycles. The maximum Gasteiger partial charge on any atom is 0.150 e. The summed E-state index contributed by atoms with van der Waals surface area (Å²) in [5.41, 5.74) is 6.63. The van der Waals surface area contributed by atoms with Gasteiger partial charge < -0.3 is 10.8 Å². The molecule has 0 fully saturated rings. The number of nitrogens with two attached hydrogens (primary N) is 1. The van der Waals surface area contributed by atoms with Gasteiger partial charge in [-0.15, -0.1) is 11.3 Å². The molecule has 0 bridgehead atoms. The second kappa shape index (κ2) is 3.11. The largest absolute Gasteiger partial charge is 0.505 e. The molecular weight excluding hydrogens is 182 g/mol. The molecule has 2 nitrogen and oxygen atoms in total. The van der Waals surface area contributed by atoms with E-state index in [2.05, 4.69) is 0 Å². The van der Waals surface area contributed by atoms with E-state index in [1.165, 1.54) is 11.3 Å². The summed E-state index contributed by atoms with van der Waals surface area (Å²) in [4.78, 5) is 0.996. The van der Waals surface area contributed by atoms with Gasteiger partial charge in [0.2, 0.25) is 0 Å². The van der Waals surface area contributed by atoms with Crippen LogP contribution in [0.2, 0.25) is 0 Å². The summed E-state index contributed by atoms with van der Waals surface area (Å²) < 4.78 is 0. The van der Waals surface area contributed by atoms with Gasteiger partial charge in [0.05, 0.1) is 0 Å². The number of thiophene rings is 1. The number of hydrogen-bond donors (Lipinski definition) is 2. The minimum atomic E-state index is 0.170. The molecule has 0 aliphatic carbocycles. The molecule has 0 aliphatic rings. The smallest absolute Gasteiger partial charge is 0.150 e. The van der Waals surface area contributed by atoms with E-state index in [4.69, 9.17) is 5.73 Å². The first-order valence-corrected chi connectivity index (χ1v) is 4.73. The van der Waals surface area contributed by atoms with E-state index in [0.717, 1.165) is 10.4 Å². The Kier molecular flexibility index (Phi) is 1.94. The third-order valence-electron chi connectivity index (χ3n) is 1.80. The van der Waals surface area contributed by atoms with Crippen LogP contribution in [0.15, 0.2) is 36.4 Å². The van der Waals surface area contributed by atoms with Crippen LogP contribution in [0.5, 0.6) is 5.75 Å². The molecule has 0 spiro atoms. The highest BCUT2D eigenvalue weighted by Gasteiger charge is 2.05. The fourth-order valence-electron chi connectivity index (χ4n) is 1.14. The highest BCUT2D eigenvalue weighted by atomic mass is 32.1. The molecule has 0 saturated carbocycles. The van der Waals surface area contributed by atoms with Crippen LogP contribution < -0.4 is 5.73 Å². The average molecular weight is 191 g/mol. The Labute approximate surface area is 80.3 Å². The van der Waals surface area contributed by atoms with Gasteiger partial charge in [-0.2, -0.15) is 0 Å². The molecule has 0 saturated heterocycles. The quantitative estimate of drug-likeness (QED) is 0.728. The van der Waals surface area contributed by atoms with Gasteiger partial charge in [-0.3, -0.25) is 0 Å². The number of benzene rings is 1. The van der Waals surface area contributed by atoms with E-state index >= 15 is 0 Å². The molecule has 2 rings (SSSR count). The minimum Gasteiger partial charge on any atom is -0.505 e. The molecule has 3 heteroatoms. The Hall–Kier alpha value is -1.48. The summed E-state index contributed by atoms with van der Waals surface area (Å²) in [6, 6.07) is 11.6. The summed E-state index contributed by atoms with van der Waals surface area (Å²) in [6.45, 7) is 0. The molecule has 3 N–H and O–H groups in total. The molecule has 0 atom stereocenters. The number of anilines is 1. The second-order valence-corrected chi connectivity index (χ2v) is 3.81. The van der Waals surface area contributed by atoms with Crippen LogP contribution in [0.1, 0.15) is 0 Å². The lowest BCUT2D eigenvalue weighted by Crippen LogP contribution is -1.75. The monoisotopic (exact) mass is 191 g/mol. The number of rotatable bonds is 1. The van der Waals surface area contributed by atoms with Crippen molar-refractivity contribution in [2.45, 2.75) is 0 Å². The molecule has 1 heterocycles. The zero-order valence-corrected chi connectivity index (χ0v) is 7.71. The van der Waals surface area contributed by atoms with Gasteiger partial charge in [0, 0.05) is 10.9 Å². The van der Waals surface area contributed by atoms with Crippen LogP contribution in [0.4, 0.5) is 5.00 Å². The number of aromatic hydroxyl groups is 1. The molecule has 1 aromatic carbocycles. The van der Waals surface area contributed by atoms with Gasteiger partial charge in [-0.05, 0) is 5.56 Å². The van der Waals surface area contributed by atoms with Crippen molar-refractivity contribution in [1.29, 1.82) is 0 Å². The van der Waals surface area contributed by atoms with Crippen LogP contribution in [-0.4, -0.2) is 5.11 Å². The minimum absolute atomic E-state index is 0.170. The van der Waals surface area contributed by atoms with Crippen molar-refractivity contribution in [3.05, 3.63) is 36.4 Å². The third-order valence-corrected chi connectivity index (χ3v) is 2.80. The first-order valence-electron chi connectivity index (χ1n) is 3.91. The predicted molar refractivity (Wildman–Crippen MR) is 55.8 cm³/mol. The molecule has 13 heavy (non-hydrogen) atoms. The van der Waals surface area contributed by atoms with Gasteiger partial charge in [0.25, 0.3) is 0 Å². The maximum atomic E-state index is 9.29. The zero-order chi connectivity index (χ0) is 9.26. The SMILES string of the molecule is Nc1sc(-c2ccccc2)cc1O. The van der Waals surface area contributed by atoms with E-state index in [1.807, 2.05) is 30.3 Å². The molecule has 0 unspecified atom stereocenters. The van der Waals surface area contributed by atoms with Gasteiger partial charge >= 0.3 is 0 Å². The predicted octanol–water partition coefficient (Wildman–Crippen LogP) is 2.70. The van der Waals surface area contributed by atoms with Crippen molar-refractivity contribution in [2.24, 2.45) is 0 Å². The van der Waals surface area contributed by atoms with E-state index in [9.17, 15) is 5.11 Å². The summed E-state index contributed by atoms with van der Waals surface area (Å²) in [5.74, 6) is 0.170. The van der Waals surface area contributed by atoms with Crippen molar-refractivity contribution in [2.75, 3.05) is 5.73 Å². The van der Waals surface area contributed by atoms with Gasteiger partial charge in [-0.1, -0.05) is 30.3 Å². The van der Waals surface area contributed by atoms with Crippen LogP contribution in [0.3, 0.4) is 0 Å². The normalized spacial score (nSPS) is 10.2.